The normalized spacial score (nSPS) is 19.1. The Bertz CT molecular complexity index is 868. The summed E-state index contributed by atoms with van der Waals surface area (Å²) in [6.07, 6.45) is 1.59. The van der Waals surface area contributed by atoms with Crippen molar-refractivity contribution in [3.05, 3.63) is 45.8 Å². The van der Waals surface area contributed by atoms with E-state index < -0.39 is 10.0 Å². The lowest BCUT2D eigenvalue weighted by Gasteiger charge is -2.23. The quantitative estimate of drug-likeness (QED) is 0.772. The van der Waals surface area contributed by atoms with Crippen LogP contribution in [0.5, 0.6) is 0 Å². The molecule has 0 amide bonds. The van der Waals surface area contributed by atoms with Crippen LogP contribution in [0.2, 0.25) is 10.0 Å². The molecule has 0 bridgehead atoms. The van der Waals surface area contributed by atoms with Gasteiger partial charge < -0.3 is 4.57 Å². The van der Waals surface area contributed by atoms with Crippen molar-refractivity contribution in [1.29, 1.82) is 0 Å². The Morgan fingerprint density at radius 1 is 1.38 bits per heavy atom. The zero-order valence-corrected chi connectivity index (χ0v) is 16.4. The fraction of sp³-hybridized carbons (Fsp3) is 0.400. The van der Waals surface area contributed by atoms with Gasteiger partial charge in [0.2, 0.25) is 0 Å². The standard InChI is InChI=1S/C15H17Cl2N3O2S2/c1-3-19-9-14(18-10(19)2)24(21,22)20-6-7-23-15(20)12-5-4-11(16)8-13(12)17/h4-5,8-9,15H,3,6-7H2,1-2H3. The van der Waals surface area contributed by atoms with Crippen LogP contribution in [0.1, 0.15) is 23.7 Å². The Kier molecular flexibility index (Phi) is 5.18. The highest BCUT2D eigenvalue weighted by molar-refractivity contribution is 8.01. The van der Waals surface area contributed by atoms with Crippen molar-refractivity contribution in [3.8, 4) is 0 Å². The van der Waals surface area contributed by atoms with Gasteiger partial charge in [0.25, 0.3) is 10.0 Å². The number of benzene rings is 1. The van der Waals surface area contributed by atoms with E-state index in [1.807, 2.05) is 11.5 Å². The molecule has 3 rings (SSSR count). The van der Waals surface area contributed by atoms with E-state index in [-0.39, 0.29) is 10.4 Å². The van der Waals surface area contributed by atoms with Crippen molar-refractivity contribution in [2.24, 2.45) is 0 Å². The van der Waals surface area contributed by atoms with Crippen LogP contribution in [-0.4, -0.2) is 34.6 Å². The summed E-state index contributed by atoms with van der Waals surface area (Å²) in [7, 11) is -3.69. The summed E-state index contributed by atoms with van der Waals surface area (Å²) >= 11 is 13.8. The van der Waals surface area contributed by atoms with E-state index in [1.54, 1.807) is 43.1 Å². The smallest absolute Gasteiger partial charge is 0.263 e. The number of imidazole rings is 1. The van der Waals surface area contributed by atoms with E-state index in [1.165, 1.54) is 4.31 Å². The molecule has 9 heteroatoms. The van der Waals surface area contributed by atoms with E-state index in [2.05, 4.69) is 4.98 Å². The van der Waals surface area contributed by atoms with Gasteiger partial charge in [-0.3, -0.25) is 0 Å². The Morgan fingerprint density at radius 3 is 2.75 bits per heavy atom. The minimum absolute atomic E-state index is 0.0828. The van der Waals surface area contributed by atoms with Gasteiger partial charge in [-0.15, -0.1) is 11.8 Å². The number of aryl methyl sites for hydroxylation is 2. The van der Waals surface area contributed by atoms with Crippen LogP contribution < -0.4 is 0 Å². The molecule has 1 unspecified atom stereocenters. The molecule has 0 aliphatic carbocycles. The van der Waals surface area contributed by atoms with Crippen molar-refractivity contribution in [3.63, 3.8) is 0 Å². The average molecular weight is 406 g/mol. The summed E-state index contributed by atoms with van der Waals surface area (Å²) in [4.78, 5) is 4.23. The van der Waals surface area contributed by atoms with Gasteiger partial charge in [0.1, 0.15) is 5.82 Å². The maximum Gasteiger partial charge on any atom is 0.263 e. The van der Waals surface area contributed by atoms with Gasteiger partial charge in [0.05, 0.1) is 5.37 Å². The molecule has 0 N–H and O–H groups in total. The lowest BCUT2D eigenvalue weighted by Crippen LogP contribution is -2.31. The summed E-state index contributed by atoms with van der Waals surface area (Å²) < 4.78 is 29.4. The Hall–Kier alpha value is -0.730. The largest absolute Gasteiger partial charge is 0.334 e. The third-order valence-corrected chi connectivity index (χ3v) is 7.62. The average Bonchev–Trinajstić information content (AvgIpc) is 3.14. The molecule has 0 radical (unpaired) electrons. The third kappa shape index (κ3) is 3.20. The number of sulfonamides is 1. The summed E-state index contributed by atoms with van der Waals surface area (Å²) in [5, 5.41) is 0.710. The lowest BCUT2D eigenvalue weighted by molar-refractivity contribution is 0.432. The second kappa shape index (κ2) is 6.88. The second-order valence-electron chi connectivity index (χ2n) is 5.42. The molecule has 130 valence electrons. The molecular formula is C15H17Cl2N3O2S2. The minimum Gasteiger partial charge on any atom is -0.334 e. The summed E-state index contributed by atoms with van der Waals surface area (Å²) in [5.41, 5.74) is 0.749. The Labute approximate surface area is 156 Å². The van der Waals surface area contributed by atoms with Gasteiger partial charge in [0.15, 0.2) is 5.03 Å². The molecule has 2 heterocycles. The van der Waals surface area contributed by atoms with Gasteiger partial charge in [0, 0.05) is 35.1 Å². The van der Waals surface area contributed by atoms with E-state index in [0.29, 0.717) is 34.7 Å². The molecule has 1 aliphatic rings. The molecule has 0 spiro atoms. The molecule has 2 aromatic rings. The first-order chi connectivity index (χ1) is 11.3. The SMILES string of the molecule is CCn1cc(S(=O)(=O)N2CCSC2c2ccc(Cl)cc2Cl)nc1C. The van der Waals surface area contributed by atoms with Gasteiger partial charge in [-0.1, -0.05) is 29.3 Å². The van der Waals surface area contributed by atoms with E-state index in [4.69, 9.17) is 23.2 Å². The van der Waals surface area contributed by atoms with Crippen molar-refractivity contribution in [2.45, 2.75) is 30.8 Å². The van der Waals surface area contributed by atoms with Crippen LogP contribution in [0.15, 0.2) is 29.4 Å². The predicted molar refractivity (Wildman–Crippen MR) is 98.2 cm³/mol. The van der Waals surface area contributed by atoms with E-state index in [0.717, 1.165) is 5.56 Å². The molecule has 1 saturated heterocycles. The van der Waals surface area contributed by atoms with Crippen molar-refractivity contribution < 1.29 is 8.42 Å². The zero-order chi connectivity index (χ0) is 17.5. The number of aromatic nitrogens is 2. The molecule has 24 heavy (non-hydrogen) atoms. The maximum atomic E-state index is 13.0. The molecular weight excluding hydrogens is 389 g/mol. The first-order valence-corrected chi connectivity index (χ1v) is 10.7. The fourth-order valence-corrected chi connectivity index (χ4v) is 6.53. The minimum atomic E-state index is -3.69. The van der Waals surface area contributed by atoms with Crippen molar-refractivity contribution >= 4 is 45.0 Å². The molecule has 1 aromatic heterocycles. The van der Waals surface area contributed by atoms with E-state index in [9.17, 15) is 8.42 Å². The zero-order valence-electron chi connectivity index (χ0n) is 13.2. The Morgan fingerprint density at radius 2 is 2.12 bits per heavy atom. The van der Waals surface area contributed by atoms with Gasteiger partial charge in [-0.2, -0.15) is 4.31 Å². The van der Waals surface area contributed by atoms with E-state index >= 15 is 0 Å². The number of rotatable bonds is 4. The van der Waals surface area contributed by atoms with Crippen LogP contribution in [0.4, 0.5) is 0 Å². The third-order valence-electron chi connectivity index (χ3n) is 3.95. The monoisotopic (exact) mass is 405 g/mol. The van der Waals surface area contributed by atoms with Crippen molar-refractivity contribution in [2.75, 3.05) is 12.3 Å². The molecule has 1 fully saturated rings. The van der Waals surface area contributed by atoms with Crippen LogP contribution in [0.25, 0.3) is 0 Å². The highest BCUT2D eigenvalue weighted by Gasteiger charge is 2.39. The molecule has 0 saturated carbocycles. The van der Waals surface area contributed by atoms with Gasteiger partial charge in [-0.05, 0) is 31.5 Å². The van der Waals surface area contributed by atoms with Gasteiger partial charge >= 0.3 is 0 Å². The predicted octanol–water partition coefficient (Wildman–Crippen LogP) is 3.95. The topological polar surface area (TPSA) is 55.2 Å². The van der Waals surface area contributed by atoms with Gasteiger partial charge in [-0.25, -0.2) is 13.4 Å². The first kappa shape index (κ1) is 18.1. The number of nitrogens with zero attached hydrogens (tertiary/aromatic N) is 3. The highest BCUT2D eigenvalue weighted by Crippen LogP contribution is 2.44. The summed E-state index contributed by atoms with van der Waals surface area (Å²) in [6.45, 7) is 4.85. The van der Waals surface area contributed by atoms with Crippen LogP contribution >= 0.6 is 35.0 Å². The summed E-state index contributed by atoms with van der Waals surface area (Å²) in [5.74, 6) is 1.39. The van der Waals surface area contributed by atoms with Crippen LogP contribution in [-0.2, 0) is 16.6 Å². The maximum absolute atomic E-state index is 13.0. The molecule has 1 aliphatic heterocycles. The summed E-state index contributed by atoms with van der Waals surface area (Å²) in [6, 6.07) is 5.15. The Balaban J connectivity index is 2.00. The molecule has 1 atom stereocenters. The van der Waals surface area contributed by atoms with Crippen LogP contribution in [0, 0.1) is 6.92 Å². The first-order valence-electron chi connectivity index (χ1n) is 7.46. The van der Waals surface area contributed by atoms with Crippen LogP contribution in [0.3, 0.4) is 0 Å². The highest BCUT2D eigenvalue weighted by atomic mass is 35.5. The molecule has 5 nitrogen and oxygen atoms in total. The number of halogens is 2. The number of hydrogen-bond donors (Lipinski definition) is 0. The number of hydrogen-bond acceptors (Lipinski definition) is 4. The lowest BCUT2D eigenvalue weighted by atomic mass is 10.2. The fourth-order valence-electron chi connectivity index (χ4n) is 2.69. The number of thioether (sulfide) groups is 1. The molecule has 1 aromatic carbocycles. The van der Waals surface area contributed by atoms with Crippen molar-refractivity contribution in [1.82, 2.24) is 13.9 Å². The second-order valence-corrected chi connectivity index (χ2v) is 9.29.